The fourth-order valence-corrected chi connectivity index (χ4v) is 2.36. The van der Waals surface area contributed by atoms with E-state index >= 15 is 0 Å². The Bertz CT molecular complexity index is 862. The Hall–Kier alpha value is -3.35. The van der Waals surface area contributed by atoms with Gasteiger partial charge in [0.05, 0.1) is 25.7 Å². The topological polar surface area (TPSA) is 90.9 Å². The van der Waals surface area contributed by atoms with E-state index in [1.54, 1.807) is 18.2 Å². The van der Waals surface area contributed by atoms with Crippen LogP contribution in [0.15, 0.2) is 42.5 Å². The molecule has 0 saturated carbocycles. The summed E-state index contributed by atoms with van der Waals surface area (Å²) in [5.41, 5.74) is 2.76. The molecule has 0 saturated heterocycles. The first-order valence-corrected chi connectivity index (χ1v) is 8.73. The maximum atomic E-state index is 11.9. The first-order valence-electron chi connectivity index (χ1n) is 8.73. The van der Waals surface area contributed by atoms with Crippen LogP contribution in [-0.2, 0) is 19.1 Å². The minimum atomic E-state index is -0.538. The van der Waals surface area contributed by atoms with Crippen LogP contribution >= 0.6 is 0 Å². The van der Waals surface area contributed by atoms with Crippen molar-refractivity contribution in [1.82, 2.24) is 0 Å². The zero-order valence-corrected chi connectivity index (χ0v) is 16.1. The number of hydrogen-bond donors (Lipinski definition) is 1. The predicted molar refractivity (Wildman–Crippen MR) is 103 cm³/mol. The van der Waals surface area contributed by atoms with E-state index in [9.17, 15) is 14.4 Å². The van der Waals surface area contributed by atoms with Crippen LogP contribution in [0.1, 0.15) is 27.9 Å². The van der Waals surface area contributed by atoms with E-state index in [1.807, 2.05) is 32.0 Å². The second kappa shape index (κ2) is 10.1. The monoisotopic (exact) mass is 385 g/mol. The molecular weight excluding hydrogens is 362 g/mol. The summed E-state index contributed by atoms with van der Waals surface area (Å²) >= 11 is 0. The Labute approximate surface area is 163 Å². The quantitative estimate of drug-likeness (QED) is 0.703. The third-order valence-corrected chi connectivity index (χ3v) is 3.84. The molecule has 0 aliphatic carbocycles. The highest BCUT2D eigenvalue weighted by Crippen LogP contribution is 2.19. The highest BCUT2D eigenvalue weighted by Gasteiger charge is 2.11. The van der Waals surface area contributed by atoms with Gasteiger partial charge >= 0.3 is 11.9 Å². The molecule has 28 heavy (non-hydrogen) atoms. The van der Waals surface area contributed by atoms with Crippen molar-refractivity contribution < 1.29 is 28.6 Å². The van der Waals surface area contributed by atoms with Crippen molar-refractivity contribution in [3.8, 4) is 5.75 Å². The maximum Gasteiger partial charge on any atom is 0.337 e. The summed E-state index contributed by atoms with van der Waals surface area (Å²) in [6.07, 6.45) is 0.0263. The molecule has 7 nitrogen and oxygen atoms in total. The molecule has 0 aromatic heterocycles. The molecule has 0 aliphatic rings. The molecule has 0 heterocycles. The zero-order chi connectivity index (χ0) is 20.5. The molecule has 0 fully saturated rings. The van der Waals surface area contributed by atoms with Crippen LogP contribution in [0.3, 0.4) is 0 Å². The lowest BCUT2D eigenvalue weighted by molar-refractivity contribution is -0.147. The lowest BCUT2D eigenvalue weighted by Crippen LogP contribution is -2.21. The summed E-state index contributed by atoms with van der Waals surface area (Å²) in [6, 6.07) is 12.1. The van der Waals surface area contributed by atoms with Crippen molar-refractivity contribution in [2.24, 2.45) is 0 Å². The fourth-order valence-electron chi connectivity index (χ4n) is 2.36. The predicted octanol–water partition coefficient (Wildman–Crippen LogP) is 3.04. The minimum Gasteiger partial charge on any atom is -0.493 e. The summed E-state index contributed by atoms with van der Waals surface area (Å²) < 4.78 is 15.2. The first-order chi connectivity index (χ1) is 13.4. The average Bonchev–Trinajstić information content (AvgIpc) is 2.68. The normalized spacial score (nSPS) is 10.1. The van der Waals surface area contributed by atoms with Crippen molar-refractivity contribution in [2.45, 2.75) is 20.3 Å². The van der Waals surface area contributed by atoms with Crippen LogP contribution in [-0.4, -0.2) is 38.2 Å². The number of methoxy groups -OCH3 is 1. The van der Waals surface area contributed by atoms with Crippen molar-refractivity contribution in [3.63, 3.8) is 0 Å². The summed E-state index contributed by atoms with van der Waals surface area (Å²) in [5.74, 6) is -0.836. The number of carbonyl (C=O) groups is 3. The number of ether oxygens (including phenoxy) is 3. The Morgan fingerprint density at radius 2 is 1.82 bits per heavy atom. The van der Waals surface area contributed by atoms with Gasteiger partial charge in [0.25, 0.3) is 5.91 Å². The minimum absolute atomic E-state index is 0.0263. The molecule has 2 rings (SSSR count). The molecule has 0 unspecified atom stereocenters. The molecule has 7 heteroatoms. The SMILES string of the molecule is COC(=O)c1cccc(NC(=O)COC(=O)CCOc2cc(C)ccc2C)c1. The second-order valence-electron chi connectivity index (χ2n) is 6.15. The molecular formula is C21H23NO6. The molecule has 0 bridgehead atoms. The van der Waals surface area contributed by atoms with Crippen molar-refractivity contribution in [1.29, 1.82) is 0 Å². The van der Waals surface area contributed by atoms with Gasteiger partial charge in [0.2, 0.25) is 0 Å². The zero-order valence-electron chi connectivity index (χ0n) is 16.1. The maximum absolute atomic E-state index is 11.9. The molecule has 0 aliphatic heterocycles. The van der Waals surface area contributed by atoms with Crippen LogP contribution in [0.2, 0.25) is 0 Å². The van der Waals surface area contributed by atoms with Gasteiger partial charge in [0.15, 0.2) is 6.61 Å². The average molecular weight is 385 g/mol. The van der Waals surface area contributed by atoms with Crippen molar-refractivity contribution in [3.05, 3.63) is 59.2 Å². The third-order valence-electron chi connectivity index (χ3n) is 3.84. The molecule has 0 atom stereocenters. The summed E-state index contributed by atoms with van der Waals surface area (Å²) in [7, 11) is 1.27. The number of nitrogens with one attached hydrogen (secondary N) is 1. The van der Waals surface area contributed by atoms with Gasteiger partial charge in [-0.1, -0.05) is 18.2 Å². The summed E-state index contributed by atoms with van der Waals surface area (Å²) in [5, 5.41) is 2.56. The largest absolute Gasteiger partial charge is 0.493 e. The van der Waals surface area contributed by atoms with E-state index < -0.39 is 24.5 Å². The Kier molecular flexibility index (Phi) is 7.56. The van der Waals surface area contributed by atoms with E-state index in [1.165, 1.54) is 13.2 Å². The number of hydrogen-bond acceptors (Lipinski definition) is 6. The van der Waals surface area contributed by atoms with Crippen LogP contribution in [0.5, 0.6) is 5.75 Å². The number of benzene rings is 2. The number of esters is 2. The van der Waals surface area contributed by atoms with Gasteiger partial charge in [-0.3, -0.25) is 9.59 Å². The molecule has 1 N–H and O–H groups in total. The number of carbonyl (C=O) groups excluding carboxylic acids is 3. The standard InChI is InChI=1S/C21H23NO6/c1-14-7-8-15(2)18(11-14)27-10-9-20(24)28-13-19(23)22-17-6-4-5-16(12-17)21(25)26-3/h4-8,11-12H,9-10,13H2,1-3H3,(H,22,23). The molecule has 1 amide bonds. The van der Waals surface area contributed by atoms with Gasteiger partial charge in [0.1, 0.15) is 5.75 Å². The van der Waals surface area contributed by atoms with Gasteiger partial charge in [-0.2, -0.15) is 0 Å². The van der Waals surface area contributed by atoms with E-state index in [4.69, 9.17) is 9.47 Å². The molecule has 0 spiro atoms. The van der Waals surface area contributed by atoms with Crippen LogP contribution in [0.4, 0.5) is 5.69 Å². The van der Waals surface area contributed by atoms with E-state index in [0.29, 0.717) is 11.3 Å². The Morgan fingerprint density at radius 1 is 1.04 bits per heavy atom. The lowest BCUT2D eigenvalue weighted by atomic mass is 10.1. The van der Waals surface area contributed by atoms with Gasteiger partial charge in [-0.05, 0) is 49.2 Å². The van der Waals surface area contributed by atoms with Gasteiger partial charge in [-0.15, -0.1) is 0 Å². The first kappa shape index (κ1) is 21.0. The third kappa shape index (κ3) is 6.42. The van der Waals surface area contributed by atoms with Gasteiger partial charge in [-0.25, -0.2) is 4.79 Å². The Morgan fingerprint density at radius 3 is 2.57 bits per heavy atom. The van der Waals surface area contributed by atoms with E-state index in [2.05, 4.69) is 10.1 Å². The number of amides is 1. The molecule has 148 valence electrons. The molecule has 0 radical (unpaired) electrons. The fraction of sp³-hybridized carbons (Fsp3) is 0.286. The molecule has 2 aromatic carbocycles. The number of anilines is 1. The van der Waals surface area contributed by atoms with Crippen molar-refractivity contribution in [2.75, 3.05) is 25.6 Å². The summed E-state index contributed by atoms with van der Waals surface area (Å²) in [4.78, 5) is 35.2. The molecule has 2 aromatic rings. The number of aryl methyl sites for hydroxylation is 2. The lowest BCUT2D eigenvalue weighted by Gasteiger charge is -2.10. The van der Waals surface area contributed by atoms with Gasteiger partial charge < -0.3 is 19.5 Å². The second-order valence-corrected chi connectivity index (χ2v) is 6.15. The summed E-state index contributed by atoms with van der Waals surface area (Å²) in [6.45, 7) is 3.61. The van der Waals surface area contributed by atoms with Crippen LogP contribution in [0.25, 0.3) is 0 Å². The Balaban J connectivity index is 1.74. The smallest absolute Gasteiger partial charge is 0.337 e. The number of rotatable bonds is 8. The highest BCUT2D eigenvalue weighted by molar-refractivity contribution is 5.95. The van der Waals surface area contributed by atoms with Crippen LogP contribution < -0.4 is 10.1 Å². The van der Waals surface area contributed by atoms with E-state index in [0.717, 1.165) is 16.9 Å². The van der Waals surface area contributed by atoms with Crippen molar-refractivity contribution >= 4 is 23.5 Å². The van der Waals surface area contributed by atoms with Gasteiger partial charge in [0, 0.05) is 5.69 Å². The highest BCUT2D eigenvalue weighted by atomic mass is 16.5. The van der Waals surface area contributed by atoms with Crippen LogP contribution in [0, 0.1) is 13.8 Å². The van der Waals surface area contributed by atoms with E-state index in [-0.39, 0.29) is 13.0 Å².